The lowest BCUT2D eigenvalue weighted by Crippen LogP contribution is -2.26. The first-order valence-electron chi connectivity index (χ1n) is 7.28. The lowest BCUT2D eigenvalue weighted by molar-refractivity contribution is 0.295. The Kier molecular flexibility index (Phi) is 3.39. The van der Waals surface area contributed by atoms with E-state index in [1.165, 1.54) is 37.6 Å². The van der Waals surface area contributed by atoms with Gasteiger partial charge < -0.3 is 5.32 Å². The van der Waals surface area contributed by atoms with Crippen LogP contribution in [-0.2, 0) is 19.5 Å². The van der Waals surface area contributed by atoms with Gasteiger partial charge in [0.25, 0.3) is 0 Å². The minimum atomic E-state index is 0.883. The Morgan fingerprint density at radius 2 is 2.00 bits per heavy atom. The summed E-state index contributed by atoms with van der Waals surface area (Å²) in [5.41, 5.74) is 2.62. The van der Waals surface area contributed by atoms with Crippen molar-refractivity contribution < 1.29 is 0 Å². The molecule has 100 valence electrons. The number of hydrogen-bond donors (Lipinski definition) is 1. The van der Waals surface area contributed by atoms with Crippen molar-refractivity contribution in [1.29, 1.82) is 0 Å². The third-order valence-corrected chi connectivity index (χ3v) is 4.43. The van der Waals surface area contributed by atoms with Crippen LogP contribution in [0.15, 0.2) is 6.07 Å². The van der Waals surface area contributed by atoms with Crippen LogP contribution >= 0.6 is 0 Å². The zero-order valence-corrected chi connectivity index (χ0v) is 11.5. The number of rotatable bonds is 4. The van der Waals surface area contributed by atoms with Crippen molar-refractivity contribution in [2.24, 2.45) is 11.8 Å². The van der Waals surface area contributed by atoms with Gasteiger partial charge >= 0.3 is 0 Å². The zero-order chi connectivity index (χ0) is 12.5. The molecule has 3 rings (SSSR count). The van der Waals surface area contributed by atoms with Gasteiger partial charge in [-0.3, -0.25) is 9.58 Å². The maximum atomic E-state index is 4.64. The molecule has 0 amide bonds. The fourth-order valence-corrected chi connectivity index (χ4v) is 3.40. The number of nitrogens with one attached hydrogen (secondary N) is 1. The van der Waals surface area contributed by atoms with E-state index in [4.69, 9.17) is 0 Å². The summed E-state index contributed by atoms with van der Waals surface area (Å²) in [5.74, 6) is 1.77. The second-order valence-electron chi connectivity index (χ2n) is 5.67. The normalized spacial score (nSPS) is 27.9. The summed E-state index contributed by atoms with van der Waals surface area (Å²) in [5, 5.41) is 8.14. The highest BCUT2D eigenvalue weighted by molar-refractivity contribution is 5.11. The van der Waals surface area contributed by atoms with E-state index in [2.05, 4.69) is 39.9 Å². The highest BCUT2D eigenvalue weighted by Gasteiger charge is 2.36. The van der Waals surface area contributed by atoms with Crippen LogP contribution in [-0.4, -0.2) is 40.9 Å². The van der Waals surface area contributed by atoms with Gasteiger partial charge in [0.1, 0.15) is 0 Å². The predicted octanol–water partition coefficient (Wildman–Crippen LogP) is 1.12. The average molecular weight is 248 g/mol. The summed E-state index contributed by atoms with van der Waals surface area (Å²) in [6.45, 7) is 11.4. The molecule has 4 nitrogen and oxygen atoms in total. The summed E-state index contributed by atoms with van der Waals surface area (Å²) in [6, 6.07) is 2.29. The van der Waals surface area contributed by atoms with E-state index in [1.807, 2.05) is 0 Å². The van der Waals surface area contributed by atoms with Crippen LogP contribution in [0.1, 0.15) is 25.2 Å². The van der Waals surface area contributed by atoms with Gasteiger partial charge in [0.15, 0.2) is 0 Å². The summed E-state index contributed by atoms with van der Waals surface area (Å²) in [7, 11) is 0. The Balaban J connectivity index is 1.67. The van der Waals surface area contributed by atoms with Crippen molar-refractivity contribution in [3.63, 3.8) is 0 Å². The molecule has 1 aromatic heterocycles. The molecular weight excluding hydrogens is 224 g/mol. The third kappa shape index (κ3) is 2.19. The molecule has 2 aliphatic heterocycles. The largest absolute Gasteiger partial charge is 0.316 e. The van der Waals surface area contributed by atoms with Crippen LogP contribution in [0.2, 0.25) is 0 Å². The monoisotopic (exact) mass is 248 g/mol. The molecule has 2 atom stereocenters. The minimum absolute atomic E-state index is 0.883. The highest BCUT2D eigenvalue weighted by Crippen LogP contribution is 2.27. The van der Waals surface area contributed by atoms with Crippen LogP contribution in [0.4, 0.5) is 0 Å². The number of aromatic nitrogens is 2. The first-order valence-corrected chi connectivity index (χ1v) is 7.28. The van der Waals surface area contributed by atoms with Gasteiger partial charge in [-0.15, -0.1) is 0 Å². The lowest BCUT2D eigenvalue weighted by Gasteiger charge is -2.17. The van der Waals surface area contributed by atoms with Gasteiger partial charge in [-0.25, -0.2) is 0 Å². The van der Waals surface area contributed by atoms with Gasteiger partial charge in [-0.2, -0.15) is 5.10 Å². The van der Waals surface area contributed by atoms with Crippen molar-refractivity contribution in [2.75, 3.05) is 26.2 Å². The Hall–Kier alpha value is -0.870. The molecule has 2 saturated heterocycles. The zero-order valence-electron chi connectivity index (χ0n) is 11.5. The standard InChI is InChI=1S/C14H24N4/c1-3-13-5-14(18(4-2)16-13)10-17-8-11-6-15-7-12(11)9-17/h5,11-12,15H,3-4,6-10H2,1-2H3. The average Bonchev–Trinajstić information content (AvgIpc) is 3.02. The van der Waals surface area contributed by atoms with E-state index in [1.54, 1.807) is 0 Å². The van der Waals surface area contributed by atoms with Crippen LogP contribution in [0.5, 0.6) is 0 Å². The predicted molar refractivity (Wildman–Crippen MR) is 72.4 cm³/mol. The molecule has 4 heteroatoms. The SMILES string of the molecule is CCc1cc(CN2CC3CNCC3C2)n(CC)n1. The van der Waals surface area contributed by atoms with Crippen LogP contribution in [0.3, 0.4) is 0 Å². The van der Waals surface area contributed by atoms with E-state index in [-0.39, 0.29) is 0 Å². The summed E-state index contributed by atoms with van der Waals surface area (Å²) >= 11 is 0. The fourth-order valence-electron chi connectivity index (χ4n) is 3.40. The first-order chi connectivity index (χ1) is 8.80. The number of fused-ring (bicyclic) bond motifs is 1. The number of nitrogens with zero attached hydrogens (tertiary/aromatic N) is 3. The molecule has 3 heterocycles. The Morgan fingerprint density at radius 3 is 2.61 bits per heavy atom. The van der Waals surface area contributed by atoms with Gasteiger partial charge in [0.05, 0.1) is 11.4 Å². The lowest BCUT2D eigenvalue weighted by atomic mass is 10.0. The molecule has 0 aliphatic carbocycles. The summed E-state index contributed by atoms with van der Waals surface area (Å²) < 4.78 is 2.17. The number of likely N-dealkylation sites (tertiary alicyclic amines) is 1. The molecular formula is C14H24N4. The summed E-state index contributed by atoms with van der Waals surface area (Å²) in [6.07, 6.45) is 1.04. The molecule has 2 aliphatic rings. The molecule has 1 N–H and O–H groups in total. The van der Waals surface area contributed by atoms with Gasteiger partial charge in [0, 0.05) is 26.2 Å². The molecule has 1 aromatic rings. The van der Waals surface area contributed by atoms with Crippen LogP contribution < -0.4 is 5.32 Å². The van der Waals surface area contributed by atoms with Crippen molar-refractivity contribution in [3.8, 4) is 0 Å². The maximum absolute atomic E-state index is 4.64. The topological polar surface area (TPSA) is 33.1 Å². The molecule has 0 saturated carbocycles. The van der Waals surface area contributed by atoms with Crippen molar-refractivity contribution in [1.82, 2.24) is 20.0 Å². The maximum Gasteiger partial charge on any atom is 0.0625 e. The quantitative estimate of drug-likeness (QED) is 0.867. The van der Waals surface area contributed by atoms with E-state index < -0.39 is 0 Å². The van der Waals surface area contributed by atoms with Gasteiger partial charge in [-0.05, 0) is 44.3 Å². The third-order valence-electron chi connectivity index (χ3n) is 4.43. The second-order valence-corrected chi connectivity index (χ2v) is 5.67. The van der Waals surface area contributed by atoms with Crippen molar-refractivity contribution >= 4 is 0 Å². The first kappa shape index (κ1) is 12.2. The Labute approximate surface area is 109 Å². The molecule has 0 radical (unpaired) electrons. The highest BCUT2D eigenvalue weighted by atomic mass is 15.3. The molecule has 0 spiro atoms. The number of aryl methyl sites for hydroxylation is 2. The minimum Gasteiger partial charge on any atom is -0.316 e. The van der Waals surface area contributed by atoms with Crippen LogP contribution in [0.25, 0.3) is 0 Å². The van der Waals surface area contributed by atoms with Gasteiger partial charge in [-0.1, -0.05) is 6.92 Å². The second kappa shape index (κ2) is 5.02. The van der Waals surface area contributed by atoms with E-state index in [9.17, 15) is 0 Å². The van der Waals surface area contributed by atoms with E-state index in [0.29, 0.717) is 0 Å². The van der Waals surface area contributed by atoms with Crippen molar-refractivity contribution in [3.05, 3.63) is 17.5 Å². The van der Waals surface area contributed by atoms with E-state index >= 15 is 0 Å². The molecule has 0 bridgehead atoms. The Bertz CT molecular complexity index is 400. The van der Waals surface area contributed by atoms with E-state index in [0.717, 1.165) is 31.3 Å². The molecule has 2 fully saturated rings. The fraction of sp³-hybridized carbons (Fsp3) is 0.786. The van der Waals surface area contributed by atoms with Crippen LogP contribution in [0, 0.1) is 11.8 Å². The van der Waals surface area contributed by atoms with Gasteiger partial charge in [0.2, 0.25) is 0 Å². The number of hydrogen-bond acceptors (Lipinski definition) is 3. The summed E-state index contributed by atoms with van der Waals surface area (Å²) in [4.78, 5) is 2.61. The smallest absolute Gasteiger partial charge is 0.0625 e. The molecule has 0 aromatic carbocycles. The molecule has 18 heavy (non-hydrogen) atoms. The molecule has 2 unspecified atom stereocenters. The van der Waals surface area contributed by atoms with Crippen molar-refractivity contribution in [2.45, 2.75) is 33.4 Å². The Morgan fingerprint density at radius 1 is 1.28 bits per heavy atom.